The second kappa shape index (κ2) is 8.16. The minimum Gasteiger partial charge on any atom is -0.362 e. The molecule has 7 heteroatoms. The highest BCUT2D eigenvalue weighted by Gasteiger charge is 2.16. The van der Waals surface area contributed by atoms with E-state index >= 15 is 0 Å². The smallest absolute Gasteiger partial charge is 0.292 e. The molecule has 150 valence electrons. The Balaban J connectivity index is 1.68. The van der Waals surface area contributed by atoms with E-state index in [9.17, 15) is 9.59 Å². The highest BCUT2D eigenvalue weighted by Crippen LogP contribution is 2.14. The molecule has 2 heterocycles. The number of hydrazone groups is 1. The maximum Gasteiger partial charge on any atom is 0.292 e. The van der Waals surface area contributed by atoms with Crippen molar-refractivity contribution in [3.8, 4) is 0 Å². The van der Waals surface area contributed by atoms with Crippen LogP contribution in [0, 0.1) is 13.8 Å². The first kappa shape index (κ1) is 19.3. The molecule has 30 heavy (non-hydrogen) atoms. The minimum absolute atomic E-state index is 0.153. The van der Waals surface area contributed by atoms with Crippen LogP contribution < -0.4 is 11.0 Å². The zero-order valence-electron chi connectivity index (χ0n) is 16.7. The summed E-state index contributed by atoms with van der Waals surface area (Å²) in [5.41, 5.74) is 6.22. The first-order valence-electron chi connectivity index (χ1n) is 9.56. The van der Waals surface area contributed by atoms with Crippen LogP contribution in [0.4, 0.5) is 0 Å². The molecule has 0 aliphatic rings. The summed E-state index contributed by atoms with van der Waals surface area (Å²) in [5, 5.41) is 9.35. The number of benzene rings is 2. The highest BCUT2D eigenvalue weighted by molar-refractivity contribution is 6.05. The number of nitrogens with zero attached hydrogens (tertiary/aromatic N) is 3. The summed E-state index contributed by atoms with van der Waals surface area (Å²) >= 11 is 0. The van der Waals surface area contributed by atoms with Crippen molar-refractivity contribution in [2.45, 2.75) is 20.4 Å². The number of hydrogen-bond acceptors (Lipinski definition) is 4. The summed E-state index contributed by atoms with van der Waals surface area (Å²) in [4.78, 5) is 28.9. The molecule has 2 aromatic carbocycles. The van der Waals surface area contributed by atoms with Crippen molar-refractivity contribution in [1.82, 2.24) is 20.2 Å². The second-order valence-corrected chi connectivity index (χ2v) is 7.07. The van der Waals surface area contributed by atoms with Crippen LogP contribution in [0.25, 0.3) is 10.8 Å². The van der Waals surface area contributed by atoms with E-state index in [1.165, 1.54) is 4.68 Å². The molecule has 0 saturated heterocycles. The van der Waals surface area contributed by atoms with Crippen LogP contribution in [0.3, 0.4) is 0 Å². The molecule has 0 bridgehead atoms. The Morgan fingerprint density at radius 3 is 2.50 bits per heavy atom. The minimum atomic E-state index is -0.478. The molecule has 4 aromatic rings. The predicted octanol–water partition coefficient (Wildman–Crippen LogP) is 3.15. The third-order valence-electron chi connectivity index (χ3n) is 4.82. The average molecular weight is 399 g/mol. The normalized spacial score (nSPS) is 11.3. The van der Waals surface area contributed by atoms with Gasteiger partial charge in [-0.15, -0.1) is 0 Å². The first-order valence-corrected chi connectivity index (χ1v) is 9.56. The molecule has 0 fully saturated rings. The summed E-state index contributed by atoms with van der Waals surface area (Å²) in [6, 6.07) is 18.4. The molecule has 0 spiro atoms. The van der Waals surface area contributed by atoms with Crippen molar-refractivity contribution in [2.75, 3.05) is 0 Å². The topological polar surface area (TPSA) is 92.1 Å². The molecule has 2 N–H and O–H groups in total. The van der Waals surface area contributed by atoms with Gasteiger partial charge in [-0.2, -0.15) is 10.2 Å². The lowest BCUT2D eigenvalue weighted by molar-refractivity contribution is 0.0949. The molecule has 1 amide bonds. The molecular weight excluding hydrogens is 378 g/mol. The van der Waals surface area contributed by atoms with Gasteiger partial charge in [-0.1, -0.05) is 48.5 Å². The number of amides is 1. The molecule has 0 aliphatic carbocycles. The van der Waals surface area contributed by atoms with Crippen LogP contribution in [-0.4, -0.2) is 26.9 Å². The number of aromatic amines is 1. The summed E-state index contributed by atoms with van der Waals surface area (Å²) < 4.78 is 1.32. The van der Waals surface area contributed by atoms with Crippen molar-refractivity contribution in [3.05, 3.63) is 99.2 Å². The summed E-state index contributed by atoms with van der Waals surface area (Å²) in [5.74, 6) is -0.478. The van der Waals surface area contributed by atoms with E-state index in [4.69, 9.17) is 0 Å². The predicted molar refractivity (Wildman–Crippen MR) is 117 cm³/mol. The fraction of sp³-hybridized carbons (Fsp3) is 0.130. The zero-order valence-corrected chi connectivity index (χ0v) is 16.7. The number of nitrogens with one attached hydrogen (secondary N) is 2. The average Bonchev–Trinajstić information content (AvgIpc) is 3.07. The van der Waals surface area contributed by atoms with Gasteiger partial charge >= 0.3 is 0 Å². The number of H-pyrrole nitrogens is 1. The van der Waals surface area contributed by atoms with Crippen molar-refractivity contribution < 1.29 is 4.79 Å². The van der Waals surface area contributed by atoms with Gasteiger partial charge in [-0.05, 0) is 31.5 Å². The number of hydrogen-bond donors (Lipinski definition) is 2. The molecule has 0 radical (unpaired) electrons. The van der Waals surface area contributed by atoms with E-state index in [2.05, 4.69) is 20.6 Å². The van der Waals surface area contributed by atoms with Gasteiger partial charge in [0.2, 0.25) is 0 Å². The Kier molecular flexibility index (Phi) is 5.26. The number of rotatable bonds is 5. The highest BCUT2D eigenvalue weighted by atomic mass is 16.2. The lowest BCUT2D eigenvalue weighted by atomic mass is 10.1. The van der Waals surface area contributed by atoms with Gasteiger partial charge in [-0.3, -0.25) is 9.59 Å². The van der Waals surface area contributed by atoms with Crippen molar-refractivity contribution in [3.63, 3.8) is 0 Å². The van der Waals surface area contributed by atoms with Crippen LogP contribution in [0.1, 0.15) is 33.0 Å². The van der Waals surface area contributed by atoms with Crippen molar-refractivity contribution >= 4 is 22.9 Å². The van der Waals surface area contributed by atoms with Crippen LogP contribution in [-0.2, 0) is 6.54 Å². The third-order valence-corrected chi connectivity index (χ3v) is 4.82. The SMILES string of the molecule is Cc1cc(/C=N/NC(=O)c2nn(Cc3ccccc3)c(=O)c3ccccc23)c(C)[nH]1. The molecule has 2 aromatic heterocycles. The standard InChI is InChI=1S/C23H21N5O2/c1-15-12-18(16(2)25-15)13-24-26-22(29)21-19-10-6-7-11-20(19)23(30)28(27-21)14-17-8-4-3-5-9-17/h3-13,25H,14H2,1-2H3,(H,26,29)/b24-13+. The van der Waals surface area contributed by atoms with E-state index in [1.54, 1.807) is 30.5 Å². The molecule has 7 nitrogen and oxygen atoms in total. The molecule has 0 saturated carbocycles. The van der Waals surface area contributed by atoms with Crippen LogP contribution in [0.15, 0.2) is 70.6 Å². The number of carbonyl (C=O) groups excluding carboxylic acids is 1. The molecule has 4 rings (SSSR count). The maximum atomic E-state index is 12.9. The van der Waals surface area contributed by atoms with E-state index < -0.39 is 5.91 Å². The van der Waals surface area contributed by atoms with E-state index in [0.717, 1.165) is 22.5 Å². The van der Waals surface area contributed by atoms with Gasteiger partial charge < -0.3 is 4.98 Å². The largest absolute Gasteiger partial charge is 0.362 e. The lowest BCUT2D eigenvalue weighted by Crippen LogP contribution is -2.29. The van der Waals surface area contributed by atoms with E-state index in [1.807, 2.05) is 50.2 Å². The summed E-state index contributed by atoms with van der Waals surface area (Å²) in [6.07, 6.45) is 1.58. The molecule has 0 aliphatic heterocycles. The zero-order chi connectivity index (χ0) is 21.1. The van der Waals surface area contributed by atoms with Gasteiger partial charge in [0, 0.05) is 22.3 Å². The van der Waals surface area contributed by atoms with Crippen LogP contribution in [0.5, 0.6) is 0 Å². The summed E-state index contributed by atoms with van der Waals surface area (Å²) in [6.45, 7) is 4.16. The molecule has 0 atom stereocenters. The number of fused-ring (bicyclic) bond motifs is 1. The monoisotopic (exact) mass is 399 g/mol. The Labute approximate surface area is 173 Å². The third kappa shape index (κ3) is 3.91. The van der Waals surface area contributed by atoms with Crippen LogP contribution >= 0.6 is 0 Å². The van der Waals surface area contributed by atoms with Gasteiger partial charge in [0.15, 0.2) is 5.69 Å². The lowest BCUT2D eigenvalue weighted by Gasteiger charge is -2.10. The Morgan fingerprint density at radius 1 is 1.10 bits per heavy atom. The molecule has 0 unspecified atom stereocenters. The number of aromatic nitrogens is 3. The van der Waals surface area contributed by atoms with E-state index in [0.29, 0.717) is 10.8 Å². The Hall–Kier alpha value is -4.00. The van der Waals surface area contributed by atoms with Crippen LogP contribution in [0.2, 0.25) is 0 Å². The van der Waals surface area contributed by atoms with E-state index in [-0.39, 0.29) is 17.8 Å². The van der Waals surface area contributed by atoms with Gasteiger partial charge in [0.1, 0.15) is 0 Å². The Morgan fingerprint density at radius 2 is 1.80 bits per heavy atom. The van der Waals surface area contributed by atoms with Gasteiger partial charge in [0.25, 0.3) is 11.5 Å². The van der Waals surface area contributed by atoms with Crippen molar-refractivity contribution in [2.24, 2.45) is 5.10 Å². The van der Waals surface area contributed by atoms with Crippen molar-refractivity contribution in [1.29, 1.82) is 0 Å². The number of aryl methyl sites for hydroxylation is 2. The molecular formula is C23H21N5O2. The Bertz CT molecular complexity index is 1300. The second-order valence-electron chi connectivity index (χ2n) is 7.07. The maximum absolute atomic E-state index is 12.9. The quantitative estimate of drug-likeness (QED) is 0.399. The fourth-order valence-corrected chi connectivity index (χ4v) is 3.36. The van der Waals surface area contributed by atoms with Gasteiger partial charge in [-0.25, -0.2) is 10.1 Å². The summed E-state index contributed by atoms with van der Waals surface area (Å²) in [7, 11) is 0. The van der Waals surface area contributed by atoms with Gasteiger partial charge in [0.05, 0.1) is 18.1 Å². The first-order chi connectivity index (χ1) is 14.5. The fourth-order valence-electron chi connectivity index (χ4n) is 3.36. The number of carbonyl (C=O) groups is 1.